The van der Waals surface area contributed by atoms with Crippen LogP contribution in [0.2, 0.25) is 0 Å². The minimum Gasteiger partial charge on any atom is -0.439 e. The van der Waals surface area contributed by atoms with Crippen LogP contribution in [0.1, 0.15) is 29.7 Å². The number of aliphatic hydroxyl groups excluding tert-OH is 1. The Hall–Kier alpha value is -1.87. The molecule has 0 amide bonds. The number of aryl methyl sites for hydroxylation is 2. The molecule has 0 radical (unpaired) electrons. The van der Waals surface area contributed by atoms with Gasteiger partial charge in [-0.25, -0.2) is 4.98 Å². The highest BCUT2D eigenvalue weighted by Gasteiger charge is 2.03. The molecule has 0 saturated carbocycles. The quantitative estimate of drug-likeness (QED) is 0.896. The van der Waals surface area contributed by atoms with Crippen molar-refractivity contribution < 1.29 is 9.84 Å². The zero-order chi connectivity index (χ0) is 13.1. The molecule has 0 bridgehead atoms. The van der Waals surface area contributed by atoms with Crippen molar-refractivity contribution in [3.63, 3.8) is 0 Å². The number of nitrogens with zero attached hydrogens (tertiary/aromatic N) is 1. The topological polar surface area (TPSA) is 42.4 Å². The average Bonchev–Trinajstić information content (AvgIpc) is 2.28. The van der Waals surface area contributed by atoms with Crippen LogP contribution >= 0.6 is 0 Å². The Morgan fingerprint density at radius 3 is 2.28 bits per heavy atom. The third-order valence-corrected chi connectivity index (χ3v) is 2.66. The molecule has 0 aliphatic heterocycles. The van der Waals surface area contributed by atoms with Gasteiger partial charge in [-0.1, -0.05) is 6.07 Å². The van der Waals surface area contributed by atoms with Crippen LogP contribution in [-0.2, 0) is 0 Å². The van der Waals surface area contributed by atoms with Crippen LogP contribution in [0.25, 0.3) is 0 Å². The summed E-state index contributed by atoms with van der Waals surface area (Å²) in [6.07, 6.45) is 1.12. The molecule has 2 aromatic rings. The first-order chi connectivity index (χ1) is 8.54. The Labute approximate surface area is 107 Å². The maximum atomic E-state index is 9.40. The van der Waals surface area contributed by atoms with Crippen LogP contribution in [0.3, 0.4) is 0 Å². The van der Waals surface area contributed by atoms with Crippen molar-refractivity contribution in [3.05, 3.63) is 53.2 Å². The van der Waals surface area contributed by atoms with E-state index in [1.165, 1.54) is 0 Å². The molecule has 3 nitrogen and oxygen atoms in total. The molecule has 3 heteroatoms. The Balaban J connectivity index is 2.18. The summed E-state index contributed by atoms with van der Waals surface area (Å²) in [7, 11) is 0. The summed E-state index contributed by atoms with van der Waals surface area (Å²) in [4.78, 5) is 4.17. The highest BCUT2D eigenvalue weighted by molar-refractivity contribution is 5.35. The molecule has 18 heavy (non-hydrogen) atoms. The first kappa shape index (κ1) is 12.6. The van der Waals surface area contributed by atoms with Gasteiger partial charge in [0.25, 0.3) is 0 Å². The standard InChI is InChI=1S/C15H17NO2/c1-10-6-11(2)8-14(7-10)18-15-5-4-13(9-16-15)12(3)17/h4-9,12,17H,1-3H3/t12-/m0/s1. The lowest BCUT2D eigenvalue weighted by atomic mass is 10.1. The molecule has 1 N–H and O–H groups in total. The molecule has 0 aliphatic carbocycles. The van der Waals surface area contributed by atoms with Crippen molar-refractivity contribution in [2.45, 2.75) is 26.9 Å². The van der Waals surface area contributed by atoms with Gasteiger partial charge in [0.15, 0.2) is 0 Å². The van der Waals surface area contributed by atoms with Crippen molar-refractivity contribution in [2.75, 3.05) is 0 Å². The molecule has 0 unspecified atom stereocenters. The number of rotatable bonds is 3. The van der Waals surface area contributed by atoms with Crippen LogP contribution in [0.4, 0.5) is 0 Å². The van der Waals surface area contributed by atoms with Crippen LogP contribution in [0, 0.1) is 13.8 Å². The largest absolute Gasteiger partial charge is 0.439 e. The molecule has 1 aromatic carbocycles. The molecule has 0 spiro atoms. The number of hydrogen-bond acceptors (Lipinski definition) is 3. The fourth-order valence-corrected chi connectivity index (χ4v) is 1.81. The second-order valence-electron chi connectivity index (χ2n) is 4.53. The predicted octanol–water partition coefficient (Wildman–Crippen LogP) is 3.54. The minimum atomic E-state index is -0.507. The van der Waals surface area contributed by atoms with Crippen molar-refractivity contribution in [1.82, 2.24) is 4.98 Å². The number of aliphatic hydroxyl groups is 1. The Bertz CT molecular complexity index is 512. The number of hydrogen-bond donors (Lipinski definition) is 1. The molecule has 0 saturated heterocycles. The first-order valence-electron chi connectivity index (χ1n) is 5.95. The van der Waals surface area contributed by atoms with E-state index in [-0.39, 0.29) is 0 Å². The number of ether oxygens (including phenoxy) is 1. The summed E-state index contributed by atoms with van der Waals surface area (Å²) in [5.41, 5.74) is 3.10. The molecule has 0 fully saturated rings. The van der Waals surface area contributed by atoms with E-state index in [0.29, 0.717) is 5.88 Å². The molecule has 1 aromatic heterocycles. The zero-order valence-electron chi connectivity index (χ0n) is 10.8. The second-order valence-corrected chi connectivity index (χ2v) is 4.53. The molecule has 94 valence electrons. The molecule has 0 aliphatic rings. The molecule has 2 rings (SSSR count). The third-order valence-electron chi connectivity index (χ3n) is 2.66. The Kier molecular flexibility index (Phi) is 3.63. The van der Waals surface area contributed by atoms with Gasteiger partial charge >= 0.3 is 0 Å². The monoisotopic (exact) mass is 243 g/mol. The number of benzene rings is 1. The number of aromatic nitrogens is 1. The summed E-state index contributed by atoms with van der Waals surface area (Å²) in [6.45, 7) is 5.77. The van der Waals surface area contributed by atoms with Crippen molar-refractivity contribution in [3.8, 4) is 11.6 Å². The molecular formula is C15H17NO2. The highest BCUT2D eigenvalue weighted by Crippen LogP contribution is 2.23. The summed E-state index contributed by atoms with van der Waals surface area (Å²) in [5.74, 6) is 1.31. The lowest BCUT2D eigenvalue weighted by molar-refractivity contribution is 0.198. The molecule has 1 atom stereocenters. The van der Waals surface area contributed by atoms with E-state index in [1.54, 1.807) is 19.2 Å². The van der Waals surface area contributed by atoms with Gasteiger partial charge in [0.05, 0.1) is 6.10 Å². The first-order valence-corrected chi connectivity index (χ1v) is 5.95. The van der Waals surface area contributed by atoms with Gasteiger partial charge in [-0.15, -0.1) is 0 Å². The SMILES string of the molecule is Cc1cc(C)cc(Oc2ccc([C@H](C)O)cn2)c1. The van der Waals surface area contributed by atoms with E-state index in [2.05, 4.69) is 11.1 Å². The van der Waals surface area contributed by atoms with Crippen molar-refractivity contribution in [2.24, 2.45) is 0 Å². The maximum absolute atomic E-state index is 9.40. The lowest BCUT2D eigenvalue weighted by Gasteiger charge is -2.08. The lowest BCUT2D eigenvalue weighted by Crippen LogP contribution is -1.94. The van der Waals surface area contributed by atoms with Crippen LogP contribution in [0.5, 0.6) is 11.6 Å². The summed E-state index contributed by atoms with van der Waals surface area (Å²) in [5, 5.41) is 9.40. The summed E-state index contributed by atoms with van der Waals surface area (Å²) in [6, 6.07) is 9.61. The summed E-state index contributed by atoms with van der Waals surface area (Å²) < 4.78 is 5.68. The van der Waals surface area contributed by atoms with E-state index in [1.807, 2.05) is 32.0 Å². The van der Waals surface area contributed by atoms with Crippen LogP contribution in [0.15, 0.2) is 36.5 Å². The van der Waals surface area contributed by atoms with Gasteiger partial charge in [0, 0.05) is 12.3 Å². The Morgan fingerprint density at radius 1 is 1.11 bits per heavy atom. The number of pyridine rings is 1. The molecular weight excluding hydrogens is 226 g/mol. The van der Waals surface area contributed by atoms with E-state index in [4.69, 9.17) is 4.74 Å². The minimum absolute atomic E-state index is 0.507. The maximum Gasteiger partial charge on any atom is 0.219 e. The van der Waals surface area contributed by atoms with Gasteiger partial charge in [-0.3, -0.25) is 0 Å². The van der Waals surface area contributed by atoms with Gasteiger partial charge in [0.2, 0.25) is 5.88 Å². The fraction of sp³-hybridized carbons (Fsp3) is 0.267. The van der Waals surface area contributed by atoms with E-state index < -0.39 is 6.10 Å². The van der Waals surface area contributed by atoms with Gasteiger partial charge in [-0.05, 0) is 55.7 Å². The van der Waals surface area contributed by atoms with Crippen molar-refractivity contribution >= 4 is 0 Å². The zero-order valence-corrected chi connectivity index (χ0v) is 10.8. The van der Waals surface area contributed by atoms with Gasteiger partial charge < -0.3 is 9.84 Å². The van der Waals surface area contributed by atoms with Crippen LogP contribution in [-0.4, -0.2) is 10.1 Å². The van der Waals surface area contributed by atoms with E-state index in [9.17, 15) is 5.11 Å². The predicted molar refractivity (Wildman–Crippen MR) is 70.9 cm³/mol. The smallest absolute Gasteiger partial charge is 0.219 e. The highest BCUT2D eigenvalue weighted by atomic mass is 16.5. The van der Waals surface area contributed by atoms with Crippen molar-refractivity contribution in [1.29, 1.82) is 0 Å². The normalized spacial score (nSPS) is 12.2. The van der Waals surface area contributed by atoms with Crippen LogP contribution < -0.4 is 4.74 Å². The van der Waals surface area contributed by atoms with Gasteiger partial charge in [0.1, 0.15) is 5.75 Å². The van der Waals surface area contributed by atoms with E-state index in [0.717, 1.165) is 22.4 Å². The van der Waals surface area contributed by atoms with E-state index >= 15 is 0 Å². The second kappa shape index (κ2) is 5.19. The summed E-state index contributed by atoms with van der Waals surface area (Å²) >= 11 is 0. The average molecular weight is 243 g/mol. The fourth-order valence-electron chi connectivity index (χ4n) is 1.81. The molecule has 1 heterocycles. The Morgan fingerprint density at radius 2 is 1.78 bits per heavy atom. The van der Waals surface area contributed by atoms with Gasteiger partial charge in [-0.2, -0.15) is 0 Å². The third kappa shape index (κ3) is 3.08.